The number of allylic oxidation sites excluding steroid dienone is 2. The van der Waals surface area contributed by atoms with Crippen molar-refractivity contribution in [2.75, 3.05) is 0 Å². The second-order valence-electron chi connectivity index (χ2n) is 6.36. The van der Waals surface area contributed by atoms with E-state index in [4.69, 9.17) is 0 Å². The first kappa shape index (κ1) is 13.5. The quantitative estimate of drug-likeness (QED) is 0.749. The summed E-state index contributed by atoms with van der Waals surface area (Å²) >= 11 is 0. The zero-order valence-electron chi connectivity index (χ0n) is 11.6. The molecule has 2 N–H and O–H groups in total. The molecular formula is C15H22O3. The summed E-state index contributed by atoms with van der Waals surface area (Å²) in [6.45, 7) is 7.21. The minimum Gasteiger partial charge on any atom is -0.386 e. The monoisotopic (exact) mass is 250 g/mol. The summed E-state index contributed by atoms with van der Waals surface area (Å²) in [5.41, 5.74) is 0.410. The lowest BCUT2D eigenvalue weighted by molar-refractivity contribution is -0.117. The number of Topliss-reactive ketones (excluding diaryl/α,β-unsaturated/α-hetero) is 1. The van der Waals surface area contributed by atoms with Crippen LogP contribution in [0.4, 0.5) is 0 Å². The molecule has 3 nitrogen and oxygen atoms in total. The Morgan fingerprint density at radius 3 is 2.61 bits per heavy atom. The molecule has 2 aliphatic rings. The summed E-state index contributed by atoms with van der Waals surface area (Å²) in [7, 11) is 0. The molecule has 0 amide bonds. The van der Waals surface area contributed by atoms with Crippen molar-refractivity contribution in [1.82, 2.24) is 0 Å². The molecule has 0 unspecified atom stereocenters. The van der Waals surface area contributed by atoms with E-state index in [-0.39, 0.29) is 11.7 Å². The van der Waals surface area contributed by atoms with Crippen LogP contribution < -0.4 is 0 Å². The summed E-state index contributed by atoms with van der Waals surface area (Å²) < 4.78 is 0. The lowest BCUT2D eigenvalue weighted by Crippen LogP contribution is -2.30. The summed E-state index contributed by atoms with van der Waals surface area (Å²) in [5, 5.41) is 20.7. The highest BCUT2D eigenvalue weighted by molar-refractivity contribution is 6.01. The topological polar surface area (TPSA) is 57.5 Å². The van der Waals surface area contributed by atoms with Gasteiger partial charge >= 0.3 is 0 Å². The first-order valence-corrected chi connectivity index (χ1v) is 6.56. The highest BCUT2D eigenvalue weighted by atomic mass is 16.3. The molecule has 0 radical (unpaired) electrons. The third-order valence-electron chi connectivity index (χ3n) is 4.13. The van der Waals surface area contributed by atoms with Crippen LogP contribution in [0.3, 0.4) is 0 Å². The van der Waals surface area contributed by atoms with Crippen LogP contribution in [0.15, 0.2) is 22.8 Å². The molecule has 2 rings (SSSR count). The normalized spacial score (nSPS) is 33.3. The van der Waals surface area contributed by atoms with Crippen LogP contribution in [0.2, 0.25) is 0 Å². The highest BCUT2D eigenvalue weighted by Crippen LogP contribution is 2.43. The maximum Gasteiger partial charge on any atom is 0.162 e. The van der Waals surface area contributed by atoms with Crippen LogP contribution >= 0.6 is 0 Å². The smallest absolute Gasteiger partial charge is 0.162 e. The lowest BCUT2D eigenvalue weighted by Gasteiger charge is -2.25. The first-order valence-electron chi connectivity index (χ1n) is 6.56. The van der Waals surface area contributed by atoms with Gasteiger partial charge in [-0.05, 0) is 50.7 Å². The van der Waals surface area contributed by atoms with E-state index in [0.29, 0.717) is 24.8 Å². The molecule has 0 aromatic carbocycles. The largest absolute Gasteiger partial charge is 0.386 e. The van der Waals surface area contributed by atoms with Crippen LogP contribution in [-0.2, 0) is 4.79 Å². The third-order valence-corrected chi connectivity index (χ3v) is 4.13. The fourth-order valence-corrected chi connectivity index (χ4v) is 2.97. The fourth-order valence-electron chi connectivity index (χ4n) is 2.97. The number of ketones is 1. The first-order chi connectivity index (χ1) is 8.13. The molecule has 3 heteroatoms. The zero-order valence-corrected chi connectivity index (χ0v) is 11.6. The van der Waals surface area contributed by atoms with Gasteiger partial charge in [-0.3, -0.25) is 4.79 Å². The van der Waals surface area contributed by atoms with Gasteiger partial charge < -0.3 is 10.2 Å². The van der Waals surface area contributed by atoms with Crippen molar-refractivity contribution in [3.8, 4) is 0 Å². The van der Waals surface area contributed by atoms with E-state index in [1.165, 1.54) is 0 Å². The van der Waals surface area contributed by atoms with Crippen molar-refractivity contribution < 1.29 is 15.0 Å². The zero-order chi connectivity index (χ0) is 13.7. The van der Waals surface area contributed by atoms with Crippen molar-refractivity contribution >= 4 is 5.78 Å². The van der Waals surface area contributed by atoms with Crippen molar-refractivity contribution in [2.45, 2.75) is 58.2 Å². The molecule has 100 valence electrons. The maximum absolute atomic E-state index is 12.0. The van der Waals surface area contributed by atoms with Gasteiger partial charge in [-0.25, -0.2) is 0 Å². The average molecular weight is 250 g/mol. The Balaban J connectivity index is 2.55. The second-order valence-corrected chi connectivity index (χ2v) is 6.36. The van der Waals surface area contributed by atoms with Gasteiger partial charge in [-0.2, -0.15) is 0 Å². The van der Waals surface area contributed by atoms with Gasteiger partial charge in [0.15, 0.2) is 5.78 Å². The number of hydrogen-bond acceptors (Lipinski definition) is 3. The molecule has 0 aromatic heterocycles. The SMILES string of the molecule is C[C@@H]1CC(=O)C2=C1C=C(C(C)(C)O)CC[C@]2(C)O. The van der Waals surface area contributed by atoms with Crippen LogP contribution in [0.25, 0.3) is 0 Å². The molecule has 0 heterocycles. The maximum atomic E-state index is 12.0. The van der Waals surface area contributed by atoms with Gasteiger partial charge in [0.25, 0.3) is 0 Å². The van der Waals surface area contributed by atoms with Crippen molar-refractivity contribution in [3.05, 3.63) is 22.8 Å². The van der Waals surface area contributed by atoms with Crippen molar-refractivity contribution in [2.24, 2.45) is 5.92 Å². The predicted octanol–water partition coefficient (Wildman–Crippen LogP) is 2.13. The number of aliphatic hydroxyl groups is 2. The molecular weight excluding hydrogens is 228 g/mol. The Labute approximate surface area is 108 Å². The summed E-state index contributed by atoms with van der Waals surface area (Å²) in [6, 6.07) is 0. The Kier molecular flexibility index (Phi) is 3.03. The summed E-state index contributed by atoms with van der Waals surface area (Å²) in [4.78, 5) is 12.0. The van der Waals surface area contributed by atoms with E-state index in [1.54, 1.807) is 20.8 Å². The van der Waals surface area contributed by atoms with Gasteiger partial charge in [0, 0.05) is 12.0 Å². The van der Waals surface area contributed by atoms with E-state index >= 15 is 0 Å². The lowest BCUT2D eigenvalue weighted by atomic mass is 9.87. The van der Waals surface area contributed by atoms with Crippen molar-refractivity contribution in [1.29, 1.82) is 0 Å². The molecule has 0 saturated carbocycles. The summed E-state index contributed by atoms with van der Waals surface area (Å²) in [6.07, 6.45) is 3.51. The molecule has 0 aromatic rings. The van der Waals surface area contributed by atoms with Gasteiger partial charge in [-0.1, -0.05) is 13.0 Å². The minimum absolute atomic E-state index is 0.0516. The molecule has 2 atom stereocenters. The molecule has 0 aliphatic heterocycles. The number of carbonyl (C=O) groups excluding carboxylic acids is 1. The summed E-state index contributed by atoms with van der Waals surface area (Å²) in [5.74, 6) is 0.185. The van der Waals surface area contributed by atoms with Gasteiger partial charge in [-0.15, -0.1) is 0 Å². The molecule has 2 aliphatic carbocycles. The fraction of sp³-hybridized carbons (Fsp3) is 0.667. The number of carbonyl (C=O) groups is 1. The molecule has 0 fully saturated rings. The Hall–Kier alpha value is -0.930. The Morgan fingerprint density at radius 1 is 1.44 bits per heavy atom. The molecule has 0 bridgehead atoms. The Bertz CT molecular complexity index is 447. The van der Waals surface area contributed by atoms with E-state index in [1.807, 2.05) is 13.0 Å². The van der Waals surface area contributed by atoms with Gasteiger partial charge in [0.1, 0.15) is 0 Å². The van der Waals surface area contributed by atoms with Gasteiger partial charge in [0.2, 0.25) is 0 Å². The standard InChI is InChI=1S/C15H22O3/c1-9-7-12(16)13-11(9)8-10(14(2,3)17)5-6-15(13,4)18/h8-9,17-18H,5-7H2,1-4H3/t9-,15+/m1/s1. The van der Waals surface area contributed by atoms with Crippen LogP contribution in [-0.4, -0.2) is 27.2 Å². The minimum atomic E-state index is -1.07. The van der Waals surface area contributed by atoms with E-state index in [9.17, 15) is 15.0 Å². The highest BCUT2D eigenvalue weighted by Gasteiger charge is 2.41. The van der Waals surface area contributed by atoms with E-state index < -0.39 is 11.2 Å². The predicted molar refractivity (Wildman–Crippen MR) is 70.1 cm³/mol. The number of rotatable bonds is 1. The van der Waals surface area contributed by atoms with Crippen LogP contribution in [0.1, 0.15) is 47.0 Å². The van der Waals surface area contributed by atoms with Crippen LogP contribution in [0.5, 0.6) is 0 Å². The average Bonchev–Trinajstić information content (AvgIpc) is 2.38. The molecule has 18 heavy (non-hydrogen) atoms. The Morgan fingerprint density at radius 2 is 2.06 bits per heavy atom. The second kappa shape index (κ2) is 4.04. The van der Waals surface area contributed by atoms with Crippen LogP contribution in [0, 0.1) is 5.92 Å². The van der Waals surface area contributed by atoms with Gasteiger partial charge in [0.05, 0.1) is 11.2 Å². The molecule has 0 spiro atoms. The number of hydrogen-bond donors (Lipinski definition) is 2. The van der Waals surface area contributed by atoms with E-state index in [2.05, 4.69) is 0 Å². The van der Waals surface area contributed by atoms with E-state index in [0.717, 1.165) is 11.1 Å². The third kappa shape index (κ3) is 2.17. The molecule has 0 saturated heterocycles. The van der Waals surface area contributed by atoms with Crippen molar-refractivity contribution in [3.63, 3.8) is 0 Å².